The average molecular weight is 253 g/mol. The first-order valence-electron chi connectivity index (χ1n) is 6.38. The van der Waals surface area contributed by atoms with Crippen LogP contribution in [0.1, 0.15) is 22.5 Å². The Morgan fingerprint density at radius 1 is 1.16 bits per heavy atom. The quantitative estimate of drug-likeness (QED) is 0.848. The molecule has 1 aliphatic heterocycles. The number of aromatic nitrogens is 1. The van der Waals surface area contributed by atoms with E-state index in [-0.39, 0.29) is 5.91 Å². The van der Waals surface area contributed by atoms with E-state index in [1.165, 1.54) is 5.56 Å². The van der Waals surface area contributed by atoms with Crippen LogP contribution in [-0.4, -0.2) is 17.4 Å². The lowest BCUT2D eigenvalue weighted by Gasteiger charge is -2.29. The maximum atomic E-state index is 12.5. The van der Waals surface area contributed by atoms with Gasteiger partial charge >= 0.3 is 0 Å². The first-order chi connectivity index (χ1) is 9.25. The molecule has 0 fully saturated rings. The van der Waals surface area contributed by atoms with Crippen LogP contribution in [0, 0.1) is 0 Å². The van der Waals surface area contributed by atoms with Crippen molar-refractivity contribution in [1.29, 1.82) is 0 Å². The summed E-state index contributed by atoms with van der Waals surface area (Å²) in [4.78, 5) is 18.4. The highest BCUT2D eigenvalue weighted by atomic mass is 16.2. The lowest BCUT2D eigenvalue weighted by atomic mass is 10.0. The van der Waals surface area contributed by atoms with Crippen molar-refractivity contribution in [2.24, 2.45) is 0 Å². The summed E-state index contributed by atoms with van der Waals surface area (Å²) in [5, 5.41) is 0. The Labute approximate surface area is 111 Å². The molecule has 1 aromatic carbocycles. The molecule has 1 aliphatic rings. The minimum absolute atomic E-state index is 0.0838. The van der Waals surface area contributed by atoms with Crippen LogP contribution < -0.4 is 10.6 Å². The van der Waals surface area contributed by atoms with Crippen molar-refractivity contribution in [3.63, 3.8) is 0 Å². The second-order valence-electron chi connectivity index (χ2n) is 4.64. The number of hydrogen-bond donors (Lipinski definition) is 1. The molecule has 0 bridgehead atoms. The van der Waals surface area contributed by atoms with Crippen LogP contribution in [0.3, 0.4) is 0 Å². The van der Waals surface area contributed by atoms with Gasteiger partial charge in [-0.2, -0.15) is 0 Å². The number of hydrogen-bond acceptors (Lipinski definition) is 3. The van der Waals surface area contributed by atoms with E-state index in [1.54, 1.807) is 23.1 Å². The minimum atomic E-state index is -0.0838. The first-order valence-corrected chi connectivity index (χ1v) is 6.38. The molecule has 0 spiro atoms. The van der Waals surface area contributed by atoms with E-state index >= 15 is 0 Å². The van der Waals surface area contributed by atoms with Gasteiger partial charge in [0.25, 0.3) is 5.91 Å². The third-order valence-corrected chi connectivity index (χ3v) is 3.35. The molecule has 2 N–H and O–H groups in total. The Hall–Kier alpha value is -2.36. The molecule has 2 aromatic rings. The maximum Gasteiger partial charge on any atom is 0.276 e. The molecule has 2 heterocycles. The molecule has 4 nitrogen and oxygen atoms in total. The van der Waals surface area contributed by atoms with Gasteiger partial charge in [-0.3, -0.25) is 4.79 Å². The van der Waals surface area contributed by atoms with Crippen LogP contribution in [0.25, 0.3) is 0 Å². The van der Waals surface area contributed by atoms with Crippen LogP contribution in [0.5, 0.6) is 0 Å². The number of nitrogens with zero attached hydrogens (tertiary/aromatic N) is 2. The first kappa shape index (κ1) is 11.7. The van der Waals surface area contributed by atoms with E-state index in [1.807, 2.05) is 18.2 Å². The van der Waals surface area contributed by atoms with Crippen molar-refractivity contribution in [2.75, 3.05) is 17.2 Å². The zero-order valence-corrected chi connectivity index (χ0v) is 10.5. The number of para-hydroxylation sites is 1. The number of rotatable bonds is 1. The maximum absolute atomic E-state index is 12.5. The van der Waals surface area contributed by atoms with Crippen molar-refractivity contribution in [3.05, 3.63) is 53.7 Å². The third-order valence-electron chi connectivity index (χ3n) is 3.35. The lowest BCUT2D eigenvalue weighted by Crippen LogP contribution is -2.36. The summed E-state index contributed by atoms with van der Waals surface area (Å²) in [5.74, 6) is 0.288. The van der Waals surface area contributed by atoms with E-state index < -0.39 is 0 Å². The lowest BCUT2D eigenvalue weighted by molar-refractivity contribution is 0.0980. The highest BCUT2D eigenvalue weighted by Crippen LogP contribution is 2.27. The number of benzene rings is 1. The molecule has 0 saturated carbocycles. The van der Waals surface area contributed by atoms with E-state index in [0.717, 1.165) is 25.1 Å². The second-order valence-corrected chi connectivity index (χ2v) is 4.64. The fourth-order valence-corrected chi connectivity index (χ4v) is 2.45. The smallest absolute Gasteiger partial charge is 0.276 e. The number of amides is 1. The van der Waals surface area contributed by atoms with Crippen LogP contribution in [0.15, 0.2) is 42.5 Å². The van der Waals surface area contributed by atoms with Crippen molar-refractivity contribution in [2.45, 2.75) is 12.8 Å². The number of fused-ring (bicyclic) bond motifs is 1. The molecule has 19 heavy (non-hydrogen) atoms. The predicted octanol–water partition coefficient (Wildman–Crippen LogP) is 2.26. The van der Waals surface area contributed by atoms with Gasteiger partial charge < -0.3 is 10.6 Å². The standard InChI is InChI=1S/C15H15N3O/c16-14-9-3-7-12(17-14)15(19)18-10-4-6-11-5-1-2-8-13(11)18/h1-3,5,7-9H,4,6,10H2,(H2,16,17). The SMILES string of the molecule is Nc1cccc(C(=O)N2CCCc3ccccc32)n1. The van der Waals surface area contributed by atoms with Gasteiger partial charge in [0.05, 0.1) is 0 Å². The Morgan fingerprint density at radius 2 is 2.00 bits per heavy atom. The summed E-state index contributed by atoms with van der Waals surface area (Å²) in [6.07, 6.45) is 2.00. The van der Waals surface area contributed by atoms with Gasteiger partial charge in [-0.1, -0.05) is 24.3 Å². The normalized spacial score (nSPS) is 14.0. The van der Waals surface area contributed by atoms with Gasteiger partial charge in [0.1, 0.15) is 11.5 Å². The van der Waals surface area contributed by atoms with Gasteiger partial charge in [0, 0.05) is 12.2 Å². The van der Waals surface area contributed by atoms with E-state index in [9.17, 15) is 4.79 Å². The van der Waals surface area contributed by atoms with Gasteiger partial charge in [-0.15, -0.1) is 0 Å². The number of nitrogen functional groups attached to an aromatic ring is 1. The number of aryl methyl sites for hydroxylation is 1. The van der Waals surface area contributed by atoms with Gasteiger partial charge in [0.2, 0.25) is 0 Å². The number of anilines is 2. The molecular weight excluding hydrogens is 238 g/mol. The molecule has 4 heteroatoms. The topological polar surface area (TPSA) is 59.2 Å². The van der Waals surface area contributed by atoms with Crippen molar-refractivity contribution < 1.29 is 4.79 Å². The fourth-order valence-electron chi connectivity index (χ4n) is 2.45. The predicted molar refractivity (Wildman–Crippen MR) is 75.1 cm³/mol. The Balaban J connectivity index is 1.98. The van der Waals surface area contributed by atoms with Gasteiger partial charge in [-0.25, -0.2) is 4.98 Å². The average Bonchev–Trinajstić information content (AvgIpc) is 2.46. The van der Waals surface area contributed by atoms with Crippen molar-refractivity contribution in [1.82, 2.24) is 4.98 Å². The molecule has 0 radical (unpaired) electrons. The zero-order chi connectivity index (χ0) is 13.2. The molecular formula is C15H15N3O. The molecule has 1 aromatic heterocycles. The minimum Gasteiger partial charge on any atom is -0.384 e. The number of pyridine rings is 1. The van der Waals surface area contributed by atoms with Gasteiger partial charge in [-0.05, 0) is 36.6 Å². The zero-order valence-electron chi connectivity index (χ0n) is 10.5. The summed E-state index contributed by atoms with van der Waals surface area (Å²) in [5.41, 5.74) is 8.24. The van der Waals surface area contributed by atoms with Crippen molar-refractivity contribution >= 4 is 17.4 Å². The highest BCUT2D eigenvalue weighted by molar-refractivity contribution is 6.05. The number of carbonyl (C=O) groups is 1. The highest BCUT2D eigenvalue weighted by Gasteiger charge is 2.23. The Morgan fingerprint density at radius 3 is 2.84 bits per heavy atom. The van der Waals surface area contributed by atoms with E-state index in [0.29, 0.717) is 11.5 Å². The van der Waals surface area contributed by atoms with Gasteiger partial charge in [0.15, 0.2) is 0 Å². The van der Waals surface area contributed by atoms with Crippen molar-refractivity contribution in [3.8, 4) is 0 Å². The number of nitrogens with two attached hydrogens (primary N) is 1. The molecule has 1 amide bonds. The van der Waals surface area contributed by atoms with Crippen LogP contribution in [-0.2, 0) is 6.42 Å². The number of carbonyl (C=O) groups excluding carboxylic acids is 1. The third kappa shape index (κ3) is 2.17. The molecule has 0 aliphatic carbocycles. The molecule has 0 unspecified atom stereocenters. The summed E-state index contributed by atoms with van der Waals surface area (Å²) >= 11 is 0. The molecule has 96 valence electrons. The summed E-state index contributed by atoms with van der Waals surface area (Å²) in [6.45, 7) is 0.728. The Bertz CT molecular complexity index is 624. The largest absolute Gasteiger partial charge is 0.384 e. The monoisotopic (exact) mass is 253 g/mol. The fraction of sp³-hybridized carbons (Fsp3) is 0.200. The second kappa shape index (κ2) is 4.72. The Kier molecular flexibility index (Phi) is 2.91. The molecule has 0 saturated heterocycles. The summed E-state index contributed by atoms with van der Waals surface area (Å²) in [7, 11) is 0. The molecule has 0 atom stereocenters. The van der Waals surface area contributed by atoms with E-state index in [4.69, 9.17) is 5.73 Å². The summed E-state index contributed by atoms with van der Waals surface area (Å²) < 4.78 is 0. The molecule has 3 rings (SSSR count). The van der Waals surface area contributed by atoms with Crippen LogP contribution in [0.4, 0.5) is 11.5 Å². The summed E-state index contributed by atoms with van der Waals surface area (Å²) in [6, 6.07) is 13.2. The van der Waals surface area contributed by atoms with E-state index in [2.05, 4.69) is 11.1 Å². The van der Waals surface area contributed by atoms with Crippen LogP contribution in [0.2, 0.25) is 0 Å². The van der Waals surface area contributed by atoms with Crippen LogP contribution >= 0.6 is 0 Å².